The van der Waals surface area contributed by atoms with Gasteiger partial charge in [0, 0.05) is 32.6 Å². The van der Waals surface area contributed by atoms with Crippen LogP contribution >= 0.6 is 0 Å². The molecule has 1 N–H and O–H groups in total. The van der Waals surface area contributed by atoms with Crippen LogP contribution in [-0.4, -0.2) is 40.3 Å². The van der Waals surface area contributed by atoms with Gasteiger partial charge in [-0.1, -0.05) is 24.3 Å². The van der Waals surface area contributed by atoms with Crippen LogP contribution in [0, 0.1) is 13.8 Å². The summed E-state index contributed by atoms with van der Waals surface area (Å²) in [5.74, 6) is -0.00170. The normalized spacial score (nSPS) is 14.0. The minimum Gasteiger partial charge on any atom is -0.382 e. The number of imidazole rings is 1. The number of amides is 2. The lowest BCUT2D eigenvalue weighted by Crippen LogP contribution is -2.37. The van der Waals surface area contributed by atoms with E-state index >= 15 is 0 Å². The zero-order valence-electron chi connectivity index (χ0n) is 19.3. The second-order valence-corrected chi connectivity index (χ2v) is 8.12. The van der Waals surface area contributed by atoms with Crippen LogP contribution in [0.2, 0.25) is 0 Å². The Morgan fingerprint density at radius 2 is 1.97 bits per heavy atom. The van der Waals surface area contributed by atoms with Gasteiger partial charge in [-0.15, -0.1) is 0 Å². The highest BCUT2D eigenvalue weighted by Gasteiger charge is 2.27. The second-order valence-electron chi connectivity index (χ2n) is 8.12. The summed E-state index contributed by atoms with van der Waals surface area (Å²) in [5, 5.41) is 8.71. The van der Waals surface area contributed by atoms with Crippen molar-refractivity contribution in [3.05, 3.63) is 53.6 Å². The molecule has 4 rings (SSSR count). The first-order chi connectivity index (χ1) is 16.0. The number of fused-ring (bicyclic) bond motifs is 1. The fraction of sp³-hybridized carbons (Fsp3) is 0.360. The van der Waals surface area contributed by atoms with Crippen molar-refractivity contribution in [2.45, 2.75) is 46.6 Å². The van der Waals surface area contributed by atoms with Crippen LogP contribution in [0.15, 0.2) is 47.6 Å². The summed E-state index contributed by atoms with van der Waals surface area (Å²) in [5.41, 5.74) is 4.71. The highest BCUT2D eigenvalue weighted by molar-refractivity contribution is 6.44. The number of rotatable bonds is 8. The molecule has 172 valence electrons. The Bertz CT molecular complexity index is 1210. The molecule has 0 unspecified atom stereocenters. The van der Waals surface area contributed by atoms with Crippen LogP contribution in [0.5, 0.6) is 0 Å². The van der Waals surface area contributed by atoms with Gasteiger partial charge in [0.05, 0.1) is 16.7 Å². The maximum absolute atomic E-state index is 13.2. The van der Waals surface area contributed by atoms with Gasteiger partial charge in [0.25, 0.3) is 5.91 Å². The van der Waals surface area contributed by atoms with Gasteiger partial charge in [-0.3, -0.25) is 14.9 Å². The molecule has 2 amide bonds. The summed E-state index contributed by atoms with van der Waals surface area (Å²) in [6, 6.07) is 13.6. The lowest BCUT2D eigenvalue weighted by atomic mass is 10.1. The van der Waals surface area contributed by atoms with E-state index < -0.39 is 0 Å². The fourth-order valence-corrected chi connectivity index (χ4v) is 3.89. The molecule has 0 spiro atoms. The lowest BCUT2D eigenvalue weighted by Gasteiger charge is -2.24. The molecule has 33 heavy (non-hydrogen) atoms. The highest BCUT2D eigenvalue weighted by Crippen LogP contribution is 2.26. The number of nitrogens with zero attached hydrogens (tertiary/aromatic N) is 4. The molecule has 1 aliphatic rings. The van der Waals surface area contributed by atoms with Crippen LogP contribution in [0.1, 0.15) is 37.3 Å². The zero-order valence-corrected chi connectivity index (χ0v) is 19.3. The predicted molar refractivity (Wildman–Crippen MR) is 130 cm³/mol. The number of aryl methyl sites for hydroxylation is 3. The minimum absolute atomic E-state index is 0.122. The zero-order chi connectivity index (χ0) is 23.4. The summed E-state index contributed by atoms with van der Waals surface area (Å²) in [4.78, 5) is 30.4. The third-order valence-electron chi connectivity index (χ3n) is 5.64. The molecule has 3 aromatic rings. The van der Waals surface area contributed by atoms with Crippen molar-refractivity contribution in [1.29, 1.82) is 0 Å². The van der Waals surface area contributed by atoms with Crippen LogP contribution in [0.25, 0.3) is 11.0 Å². The Kier molecular flexibility index (Phi) is 6.84. The maximum Gasteiger partial charge on any atom is 0.274 e. The van der Waals surface area contributed by atoms with Crippen molar-refractivity contribution in [2.75, 3.05) is 23.5 Å². The molecule has 0 aliphatic carbocycles. The number of aromatic nitrogens is 2. The molecule has 0 saturated carbocycles. The fourth-order valence-electron chi connectivity index (χ4n) is 3.89. The highest BCUT2D eigenvalue weighted by atomic mass is 16.5. The van der Waals surface area contributed by atoms with E-state index in [1.54, 1.807) is 0 Å². The van der Waals surface area contributed by atoms with E-state index in [0.717, 1.165) is 28.6 Å². The maximum atomic E-state index is 13.2. The van der Waals surface area contributed by atoms with Crippen molar-refractivity contribution < 1.29 is 14.3 Å². The first kappa shape index (κ1) is 22.7. The number of para-hydroxylation sites is 2. The van der Waals surface area contributed by atoms with Crippen molar-refractivity contribution in [3.63, 3.8) is 0 Å². The minimum atomic E-state index is -0.348. The van der Waals surface area contributed by atoms with Crippen molar-refractivity contribution in [1.82, 2.24) is 9.55 Å². The van der Waals surface area contributed by atoms with Gasteiger partial charge in [0.15, 0.2) is 0 Å². The Labute approximate surface area is 193 Å². The van der Waals surface area contributed by atoms with E-state index in [1.165, 1.54) is 5.01 Å². The van der Waals surface area contributed by atoms with E-state index in [9.17, 15) is 9.59 Å². The van der Waals surface area contributed by atoms with E-state index in [0.29, 0.717) is 37.1 Å². The third-order valence-corrected chi connectivity index (χ3v) is 5.64. The van der Waals surface area contributed by atoms with Crippen molar-refractivity contribution in [3.8, 4) is 0 Å². The molecule has 2 aromatic carbocycles. The second kappa shape index (κ2) is 9.95. The molecule has 1 aliphatic heterocycles. The number of carbonyl (C=O) groups is 2. The molecule has 0 atom stereocenters. The molecule has 0 saturated heterocycles. The van der Waals surface area contributed by atoms with E-state index in [-0.39, 0.29) is 24.7 Å². The van der Waals surface area contributed by atoms with Gasteiger partial charge in [0.2, 0.25) is 11.9 Å². The average Bonchev–Trinajstić information content (AvgIpc) is 3.15. The SMILES string of the molecule is CCOCCCn1c(NC(=O)C2=NN(c3cc(C)ccc3C)C(=O)CC2)nc2ccccc21. The molecule has 0 radical (unpaired) electrons. The summed E-state index contributed by atoms with van der Waals surface area (Å²) >= 11 is 0. The van der Waals surface area contributed by atoms with Gasteiger partial charge in [-0.05, 0) is 56.5 Å². The van der Waals surface area contributed by atoms with Crippen LogP contribution in [0.4, 0.5) is 11.6 Å². The summed E-state index contributed by atoms with van der Waals surface area (Å²) in [6.45, 7) is 7.83. The largest absolute Gasteiger partial charge is 0.382 e. The average molecular weight is 448 g/mol. The summed E-state index contributed by atoms with van der Waals surface area (Å²) in [6.07, 6.45) is 1.31. The molecule has 0 fully saturated rings. The quantitative estimate of drug-likeness (QED) is 0.524. The molecular formula is C25H29N5O3. The Morgan fingerprint density at radius 1 is 1.15 bits per heavy atom. The van der Waals surface area contributed by atoms with Gasteiger partial charge in [-0.2, -0.15) is 5.10 Å². The van der Waals surface area contributed by atoms with E-state index in [1.807, 2.05) is 67.8 Å². The first-order valence-electron chi connectivity index (χ1n) is 11.3. The standard InChI is InChI=1S/C25H29N5O3/c1-4-33-15-7-14-29-21-9-6-5-8-19(21)26-25(29)27-24(32)20-12-13-23(31)30(28-20)22-16-17(2)10-11-18(22)3/h5-6,8-11,16H,4,7,12-15H2,1-3H3,(H,26,27,32). The van der Waals surface area contributed by atoms with Gasteiger partial charge in [0.1, 0.15) is 5.71 Å². The number of benzene rings is 2. The van der Waals surface area contributed by atoms with E-state index in [2.05, 4.69) is 15.4 Å². The number of hydrazone groups is 1. The summed E-state index contributed by atoms with van der Waals surface area (Å²) in [7, 11) is 0. The summed E-state index contributed by atoms with van der Waals surface area (Å²) < 4.78 is 7.45. The third kappa shape index (κ3) is 4.96. The van der Waals surface area contributed by atoms with Gasteiger partial charge < -0.3 is 9.30 Å². The molecule has 2 heterocycles. The Hall–Kier alpha value is -3.52. The Balaban J connectivity index is 1.60. The van der Waals surface area contributed by atoms with Crippen molar-refractivity contribution in [2.24, 2.45) is 5.10 Å². The number of ether oxygens (including phenoxy) is 1. The predicted octanol–water partition coefficient (Wildman–Crippen LogP) is 4.20. The van der Waals surface area contributed by atoms with Gasteiger partial charge >= 0.3 is 0 Å². The van der Waals surface area contributed by atoms with E-state index in [4.69, 9.17) is 4.74 Å². The first-order valence-corrected chi connectivity index (χ1v) is 11.3. The number of carbonyl (C=O) groups excluding carboxylic acids is 2. The van der Waals surface area contributed by atoms with Gasteiger partial charge in [-0.25, -0.2) is 9.99 Å². The lowest BCUT2D eigenvalue weighted by molar-refractivity contribution is -0.118. The number of nitrogens with one attached hydrogen (secondary N) is 1. The molecule has 1 aromatic heterocycles. The molecule has 8 heteroatoms. The smallest absolute Gasteiger partial charge is 0.274 e. The van der Waals surface area contributed by atoms with Crippen LogP contribution < -0.4 is 10.3 Å². The van der Waals surface area contributed by atoms with Crippen LogP contribution in [0.3, 0.4) is 0 Å². The van der Waals surface area contributed by atoms with Crippen molar-refractivity contribution >= 4 is 40.2 Å². The molecule has 0 bridgehead atoms. The van der Waals surface area contributed by atoms with Crippen LogP contribution in [-0.2, 0) is 20.9 Å². The topological polar surface area (TPSA) is 88.8 Å². The molecular weight excluding hydrogens is 418 g/mol. The molecule has 8 nitrogen and oxygen atoms in total. The number of anilines is 2. The number of hydrogen-bond acceptors (Lipinski definition) is 5. The monoisotopic (exact) mass is 447 g/mol. The Morgan fingerprint density at radius 3 is 2.79 bits per heavy atom. The number of hydrogen-bond donors (Lipinski definition) is 1.